The van der Waals surface area contributed by atoms with E-state index in [0.717, 1.165) is 5.92 Å². The fourth-order valence-electron chi connectivity index (χ4n) is 1.84. The molecule has 0 unspecified atom stereocenters. The highest BCUT2D eigenvalue weighted by atomic mass is 14.3. The quantitative estimate of drug-likeness (QED) is 0.637. The van der Waals surface area contributed by atoms with Gasteiger partial charge in [-0.2, -0.15) is 0 Å². The van der Waals surface area contributed by atoms with Crippen LogP contribution in [0.3, 0.4) is 0 Å². The van der Waals surface area contributed by atoms with Gasteiger partial charge >= 0.3 is 0 Å². The maximum absolute atomic E-state index is 2.32. The van der Waals surface area contributed by atoms with Crippen LogP contribution in [0.5, 0.6) is 0 Å². The van der Waals surface area contributed by atoms with Gasteiger partial charge in [-0.25, -0.2) is 0 Å². The molecule has 0 heteroatoms. The van der Waals surface area contributed by atoms with E-state index in [-0.39, 0.29) is 0 Å². The molecule has 0 N–H and O–H groups in total. The fraction of sp³-hybridized carbons (Fsp3) is 0.462. The third-order valence-electron chi connectivity index (χ3n) is 2.86. The Morgan fingerprint density at radius 1 is 1.23 bits per heavy atom. The van der Waals surface area contributed by atoms with Crippen molar-refractivity contribution >= 4 is 0 Å². The predicted octanol–water partition coefficient (Wildman–Crippen LogP) is 3.83. The molecule has 1 aliphatic rings. The van der Waals surface area contributed by atoms with Crippen LogP contribution >= 0.6 is 0 Å². The smallest absolute Gasteiger partial charge is 0.00119 e. The average molecular weight is 173 g/mol. The summed E-state index contributed by atoms with van der Waals surface area (Å²) in [5.74, 6) is 2.29. The fourth-order valence-corrected chi connectivity index (χ4v) is 1.84. The van der Waals surface area contributed by atoms with E-state index in [0.29, 0.717) is 0 Å². The minimum absolute atomic E-state index is 0.881. The van der Waals surface area contributed by atoms with Gasteiger partial charge in [0.1, 0.15) is 0 Å². The van der Waals surface area contributed by atoms with Gasteiger partial charge in [0.05, 0.1) is 0 Å². The van der Waals surface area contributed by atoms with E-state index in [1.54, 1.807) is 5.56 Å². The largest absolute Gasteiger partial charge is 0.0582 e. The standard InChI is InChI=1S/C13H17/c1-9(2)12-6-7-13(10(3)8-12)11-4-5-11/h6-8,11H,4-5H2,1-3H3. The Morgan fingerprint density at radius 3 is 2.38 bits per heavy atom. The second-order valence-electron chi connectivity index (χ2n) is 4.35. The molecule has 1 aromatic rings. The van der Waals surface area contributed by atoms with E-state index in [2.05, 4.69) is 39.0 Å². The molecule has 1 aromatic carbocycles. The van der Waals surface area contributed by atoms with Crippen LogP contribution in [0, 0.1) is 12.8 Å². The van der Waals surface area contributed by atoms with Crippen LogP contribution < -0.4 is 0 Å². The summed E-state index contributed by atoms with van der Waals surface area (Å²) in [6, 6.07) is 6.90. The maximum Gasteiger partial charge on any atom is -0.00119 e. The molecule has 1 aliphatic carbocycles. The first-order valence-corrected chi connectivity index (χ1v) is 5.09. The van der Waals surface area contributed by atoms with Crippen molar-refractivity contribution in [2.24, 2.45) is 0 Å². The summed E-state index contributed by atoms with van der Waals surface area (Å²) in [6.07, 6.45) is 2.80. The Balaban J connectivity index is 2.31. The van der Waals surface area contributed by atoms with Gasteiger partial charge in [0.25, 0.3) is 0 Å². The molecular weight excluding hydrogens is 156 g/mol. The molecule has 13 heavy (non-hydrogen) atoms. The molecule has 0 nitrogen and oxygen atoms in total. The highest BCUT2D eigenvalue weighted by Gasteiger charge is 2.24. The Bertz CT molecular complexity index is 306. The molecule has 0 bridgehead atoms. The van der Waals surface area contributed by atoms with Crippen molar-refractivity contribution in [1.29, 1.82) is 0 Å². The van der Waals surface area contributed by atoms with Crippen molar-refractivity contribution in [3.8, 4) is 0 Å². The highest BCUT2D eigenvalue weighted by molar-refractivity contribution is 5.40. The van der Waals surface area contributed by atoms with Crippen LogP contribution in [0.2, 0.25) is 0 Å². The summed E-state index contributed by atoms with van der Waals surface area (Å²) in [5.41, 5.74) is 4.44. The zero-order chi connectivity index (χ0) is 9.42. The molecule has 69 valence electrons. The second-order valence-corrected chi connectivity index (χ2v) is 4.35. The number of aryl methyl sites for hydroxylation is 1. The maximum atomic E-state index is 2.32. The van der Waals surface area contributed by atoms with Gasteiger partial charge in [-0.05, 0) is 48.3 Å². The van der Waals surface area contributed by atoms with E-state index >= 15 is 0 Å². The normalized spacial score (nSPS) is 16.6. The molecule has 0 spiro atoms. The van der Waals surface area contributed by atoms with Gasteiger partial charge in [0, 0.05) is 0 Å². The molecule has 0 heterocycles. The Kier molecular flexibility index (Phi) is 2.15. The van der Waals surface area contributed by atoms with E-state index in [1.165, 1.54) is 29.9 Å². The van der Waals surface area contributed by atoms with Gasteiger partial charge in [-0.1, -0.05) is 32.0 Å². The third-order valence-corrected chi connectivity index (χ3v) is 2.86. The summed E-state index contributed by atoms with van der Waals surface area (Å²) in [7, 11) is 0. The number of hydrogen-bond donors (Lipinski definition) is 0. The summed E-state index contributed by atoms with van der Waals surface area (Å²) >= 11 is 0. The van der Waals surface area contributed by atoms with Crippen molar-refractivity contribution in [3.05, 3.63) is 40.8 Å². The van der Waals surface area contributed by atoms with Gasteiger partial charge in [-0.15, -0.1) is 0 Å². The Hall–Kier alpha value is -0.780. The van der Waals surface area contributed by atoms with Gasteiger partial charge < -0.3 is 0 Å². The van der Waals surface area contributed by atoms with Crippen LogP contribution in [0.15, 0.2) is 18.2 Å². The van der Waals surface area contributed by atoms with Gasteiger partial charge in [-0.3, -0.25) is 0 Å². The van der Waals surface area contributed by atoms with Gasteiger partial charge in [0.15, 0.2) is 0 Å². The first kappa shape index (κ1) is 8.80. The van der Waals surface area contributed by atoms with Crippen LogP contribution in [0.25, 0.3) is 0 Å². The molecule has 1 fully saturated rings. The predicted molar refractivity (Wildman–Crippen MR) is 56.8 cm³/mol. The summed E-state index contributed by atoms with van der Waals surface area (Å²) in [5, 5.41) is 0. The molecule has 1 radical (unpaired) electrons. The van der Waals surface area contributed by atoms with Crippen LogP contribution in [-0.2, 0) is 0 Å². The number of benzene rings is 1. The summed E-state index contributed by atoms with van der Waals surface area (Å²) in [6.45, 7) is 6.58. The number of rotatable bonds is 2. The lowest BCUT2D eigenvalue weighted by atomic mass is 9.96. The highest BCUT2D eigenvalue weighted by Crippen LogP contribution is 2.41. The first-order valence-electron chi connectivity index (χ1n) is 5.09. The summed E-state index contributed by atoms with van der Waals surface area (Å²) < 4.78 is 0. The van der Waals surface area contributed by atoms with Crippen molar-refractivity contribution in [1.82, 2.24) is 0 Å². The monoisotopic (exact) mass is 173 g/mol. The molecule has 1 saturated carbocycles. The first-order chi connectivity index (χ1) is 6.18. The molecule has 2 rings (SSSR count). The second kappa shape index (κ2) is 3.17. The minimum atomic E-state index is 0.881. The van der Waals surface area contributed by atoms with Crippen molar-refractivity contribution in [2.75, 3.05) is 0 Å². The lowest BCUT2D eigenvalue weighted by Gasteiger charge is -2.09. The average Bonchev–Trinajstić information content (AvgIpc) is 2.87. The molecule has 0 atom stereocenters. The van der Waals surface area contributed by atoms with Crippen molar-refractivity contribution in [3.63, 3.8) is 0 Å². The summed E-state index contributed by atoms with van der Waals surface area (Å²) in [4.78, 5) is 0. The topological polar surface area (TPSA) is 0 Å². The zero-order valence-corrected chi connectivity index (χ0v) is 8.72. The van der Waals surface area contributed by atoms with E-state index in [9.17, 15) is 0 Å². The zero-order valence-electron chi connectivity index (χ0n) is 8.72. The van der Waals surface area contributed by atoms with Crippen LogP contribution in [0.4, 0.5) is 0 Å². The lowest BCUT2D eigenvalue weighted by molar-refractivity contribution is 1.07. The van der Waals surface area contributed by atoms with E-state index in [4.69, 9.17) is 0 Å². The lowest BCUT2D eigenvalue weighted by Crippen LogP contribution is -1.92. The SMILES string of the molecule is C[C](C)c1ccc(C2CC2)c(C)c1. The molecule has 0 amide bonds. The molecule has 0 aliphatic heterocycles. The Labute approximate surface area is 81.0 Å². The van der Waals surface area contributed by atoms with Crippen molar-refractivity contribution in [2.45, 2.75) is 39.5 Å². The molecular formula is C13H17. The van der Waals surface area contributed by atoms with Crippen molar-refractivity contribution < 1.29 is 0 Å². The minimum Gasteiger partial charge on any atom is -0.0582 e. The molecule has 0 saturated heterocycles. The van der Waals surface area contributed by atoms with Gasteiger partial charge in [0.2, 0.25) is 0 Å². The van der Waals surface area contributed by atoms with Crippen LogP contribution in [0.1, 0.15) is 49.3 Å². The number of hydrogen-bond acceptors (Lipinski definition) is 0. The third kappa shape index (κ3) is 1.77. The van der Waals surface area contributed by atoms with Crippen LogP contribution in [-0.4, -0.2) is 0 Å². The van der Waals surface area contributed by atoms with E-state index in [1.807, 2.05) is 0 Å². The Morgan fingerprint density at radius 2 is 1.92 bits per heavy atom. The van der Waals surface area contributed by atoms with E-state index < -0.39 is 0 Å². The molecule has 0 aromatic heterocycles.